The molecule has 1 aromatic carbocycles. The number of hydrogen-bond acceptors (Lipinski definition) is 4. The fraction of sp³-hybridized carbons (Fsp3) is 0.250. The zero-order valence-electron chi connectivity index (χ0n) is 9.82. The minimum atomic E-state index is 0.138. The molecule has 0 atom stereocenters. The van der Waals surface area contributed by atoms with Crippen LogP contribution in [-0.2, 0) is 0 Å². The Kier molecular flexibility index (Phi) is 3.49. The second kappa shape index (κ2) is 5.25. The predicted octanol–water partition coefficient (Wildman–Crippen LogP) is 1.95. The first kappa shape index (κ1) is 11.3. The zero-order chi connectivity index (χ0) is 12.1. The van der Waals surface area contributed by atoms with E-state index in [0.717, 1.165) is 11.3 Å². The quantitative estimate of drug-likeness (QED) is 0.754. The minimum Gasteiger partial charge on any atom is -0.490 e. The molecule has 0 fully saturated rings. The van der Waals surface area contributed by atoms with E-state index in [1.807, 2.05) is 38.1 Å². The topological polar surface area (TPSA) is 52.3 Å². The van der Waals surface area contributed by atoms with E-state index in [1.54, 1.807) is 6.21 Å². The maximum Gasteiger partial charge on any atom is 0.141 e. The molecule has 5 nitrogen and oxygen atoms in total. The van der Waals surface area contributed by atoms with Crippen LogP contribution in [0.4, 0.5) is 0 Å². The second-order valence-corrected chi connectivity index (χ2v) is 3.79. The van der Waals surface area contributed by atoms with Crippen molar-refractivity contribution in [3.8, 4) is 5.75 Å². The maximum absolute atomic E-state index is 5.68. The summed E-state index contributed by atoms with van der Waals surface area (Å²) >= 11 is 0. The fourth-order valence-corrected chi connectivity index (χ4v) is 1.33. The summed E-state index contributed by atoms with van der Waals surface area (Å²) in [5.74, 6) is 0.819. The number of nitrogens with zero attached hydrogens (tertiary/aromatic N) is 4. The number of rotatable bonds is 4. The summed E-state index contributed by atoms with van der Waals surface area (Å²) < 4.78 is 7.22. The largest absolute Gasteiger partial charge is 0.490 e. The van der Waals surface area contributed by atoms with Crippen LogP contribution in [0.5, 0.6) is 5.75 Å². The average Bonchev–Trinajstić information content (AvgIpc) is 2.80. The van der Waals surface area contributed by atoms with Crippen LogP contribution in [0.25, 0.3) is 0 Å². The van der Waals surface area contributed by atoms with E-state index in [4.69, 9.17) is 4.74 Å². The molecule has 0 aliphatic rings. The van der Waals surface area contributed by atoms with Crippen LogP contribution in [-0.4, -0.2) is 27.2 Å². The molecule has 0 aliphatic heterocycles. The lowest BCUT2D eigenvalue weighted by Crippen LogP contribution is -2.07. The van der Waals surface area contributed by atoms with E-state index in [2.05, 4.69) is 15.3 Å². The lowest BCUT2D eigenvalue weighted by molar-refractivity contribution is 0.242. The highest BCUT2D eigenvalue weighted by Gasteiger charge is 2.02. The van der Waals surface area contributed by atoms with Crippen LogP contribution in [0.1, 0.15) is 19.4 Å². The first-order valence-electron chi connectivity index (χ1n) is 5.40. The summed E-state index contributed by atoms with van der Waals surface area (Å²) in [5.41, 5.74) is 0.926. The monoisotopic (exact) mass is 230 g/mol. The number of para-hydroxylation sites is 1. The van der Waals surface area contributed by atoms with Crippen molar-refractivity contribution in [3.05, 3.63) is 42.5 Å². The smallest absolute Gasteiger partial charge is 0.141 e. The van der Waals surface area contributed by atoms with Crippen LogP contribution in [0, 0.1) is 0 Å². The van der Waals surface area contributed by atoms with E-state index < -0.39 is 0 Å². The molecule has 0 N–H and O–H groups in total. The van der Waals surface area contributed by atoms with Crippen molar-refractivity contribution in [1.82, 2.24) is 14.9 Å². The van der Waals surface area contributed by atoms with Gasteiger partial charge in [0, 0.05) is 5.56 Å². The van der Waals surface area contributed by atoms with Gasteiger partial charge < -0.3 is 4.74 Å². The first-order chi connectivity index (χ1) is 8.25. The number of benzene rings is 1. The zero-order valence-corrected chi connectivity index (χ0v) is 9.82. The Balaban J connectivity index is 2.20. The molecule has 0 unspecified atom stereocenters. The van der Waals surface area contributed by atoms with Gasteiger partial charge in [-0.3, -0.25) is 0 Å². The molecule has 0 saturated heterocycles. The first-order valence-corrected chi connectivity index (χ1v) is 5.40. The standard InChI is InChI=1S/C12H14N4O/c1-10(2)17-12-6-4-3-5-11(12)7-15-16-8-13-14-9-16/h3-10H,1-2H3/b15-7+. The van der Waals surface area contributed by atoms with Gasteiger partial charge in [-0.05, 0) is 26.0 Å². The molecular weight excluding hydrogens is 216 g/mol. The molecule has 0 saturated carbocycles. The Bertz CT molecular complexity index is 491. The van der Waals surface area contributed by atoms with Crippen molar-refractivity contribution < 1.29 is 4.74 Å². The predicted molar refractivity (Wildman–Crippen MR) is 65.2 cm³/mol. The van der Waals surface area contributed by atoms with Crippen LogP contribution in [0.15, 0.2) is 42.0 Å². The fourth-order valence-electron chi connectivity index (χ4n) is 1.33. The van der Waals surface area contributed by atoms with E-state index in [0.29, 0.717) is 0 Å². The van der Waals surface area contributed by atoms with Crippen molar-refractivity contribution in [3.63, 3.8) is 0 Å². The van der Waals surface area contributed by atoms with Crippen LogP contribution in [0.3, 0.4) is 0 Å². The van der Waals surface area contributed by atoms with E-state index in [9.17, 15) is 0 Å². The van der Waals surface area contributed by atoms with Crippen molar-refractivity contribution >= 4 is 6.21 Å². The molecule has 0 radical (unpaired) electrons. The second-order valence-electron chi connectivity index (χ2n) is 3.79. The summed E-state index contributed by atoms with van der Waals surface area (Å²) in [6.07, 6.45) is 4.92. The van der Waals surface area contributed by atoms with Crippen molar-refractivity contribution in [2.24, 2.45) is 5.10 Å². The van der Waals surface area contributed by atoms with E-state index in [-0.39, 0.29) is 6.10 Å². The molecule has 2 rings (SSSR count). The van der Waals surface area contributed by atoms with Crippen LogP contribution in [0.2, 0.25) is 0 Å². The van der Waals surface area contributed by atoms with Gasteiger partial charge in [-0.15, -0.1) is 10.2 Å². The van der Waals surface area contributed by atoms with E-state index >= 15 is 0 Å². The number of aromatic nitrogens is 3. The molecule has 0 amide bonds. The molecule has 88 valence electrons. The van der Waals surface area contributed by atoms with Crippen LogP contribution >= 0.6 is 0 Å². The number of hydrogen-bond donors (Lipinski definition) is 0. The van der Waals surface area contributed by atoms with Crippen molar-refractivity contribution in [2.75, 3.05) is 0 Å². The highest BCUT2D eigenvalue weighted by molar-refractivity contribution is 5.83. The van der Waals surface area contributed by atoms with E-state index in [1.165, 1.54) is 17.3 Å². The lowest BCUT2D eigenvalue weighted by Gasteiger charge is -2.11. The van der Waals surface area contributed by atoms with Gasteiger partial charge in [0.15, 0.2) is 0 Å². The summed E-state index contributed by atoms with van der Waals surface area (Å²) in [4.78, 5) is 0. The molecule has 1 aromatic heterocycles. The van der Waals surface area contributed by atoms with Gasteiger partial charge in [0.1, 0.15) is 18.4 Å². The highest BCUT2D eigenvalue weighted by Crippen LogP contribution is 2.17. The summed E-state index contributed by atoms with van der Waals surface area (Å²) in [6.45, 7) is 3.99. The summed E-state index contributed by atoms with van der Waals surface area (Å²) in [6, 6.07) is 7.76. The SMILES string of the molecule is CC(C)Oc1ccccc1/C=N/n1cnnc1. The molecule has 0 bridgehead atoms. The van der Waals surface area contributed by atoms with Gasteiger partial charge in [0.2, 0.25) is 0 Å². The third-order valence-corrected chi connectivity index (χ3v) is 2.02. The Morgan fingerprint density at radius 3 is 2.65 bits per heavy atom. The van der Waals surface area contributed by atoms with Gasteiger partial charge in [-0.1, -0.05) is 12.1 Å². The molecular formula is C12H14N4O. The molecule has 17 heavy (non-hydrogen) atoms. The van der Waals surface area contributed by atoms with Gasteiger partial charge in [-0.2, -0.15) is 5.10 Å². The third kappa shape index (κ3) is 3.14. The lowest BCUT2D eigenvalue weighted by atomic mass is 10.2. The van der Waals surface area contributed by atoms with Crippen molar-refractivity contribution in [2.45, 2.75) is 20.0 Å². The molecule has 0 aliphatic carbocycles. The van der Waals surface area contributed by atoms with Crippen molar-refractivity contribution in [1.29, 1.82) is 0 Å². The molecule has 2 aromatic rings. The van der Waals surface area contributed by atoms with Gasteiger partial charge in [-0.25, -0.2) is 4.68 Å². The Labute approximate surface area is 99.8 Å². The van der Waals surface area contributed by atoms with Crippen LogP contribution < -0.4 is 4.74 Å². The van der Waals surface area contributed by atoms with Gasteiger partial charge >= 0.3 is 0 Å². The van der Waals surface area contributed by atoms with Gasteiger partial charge in [0.05, 0.1) is 12.3 Å². The number of ether oxygens (including phenoxy) is 1. The average molecular weight is 230 g/mol. The highest BCUT2D eigenvalue weighted by atomic mass is 16.5. The Hall–Kier alpha value is -2.17. The molecule has 5 heteroatoms. The third-order valence-electron chi connectivity index (χ3n) is 2.02. The molecule has 0 spiro atoms. The molecule has 1 heterocycles. The summed E-state index contributed by atoms with van der Waals surface area (Å²) in [5, 5.41) is 11.5. The Morgan fingerprint density at radius 1 is 1.24 bits per heavy atom. The normalized spacial score (nSPS) is 11.2. The van der Waals surface area contributed by atoms with Gasteiger partial charge in [0.25, 0.3) is 0 Å². The Morgan fingerprint density at radius 2 is 1.94 bits per heavy atom. The minimum absolute atomic E-state index is 0.138. The maximum atomic E-state index is 5.68. The summed E-state index contributed by atoms with van der Waals surface area (Å²) in [7, 11) is 0.